The summed E-state index contributed by atoms with van der Waals surface area (Å²) < 4.78 is 46.7. The predicted octanol–water partition coefficient (Wildman–Crippen LogP) is 1.65. The van der Waals surface area contributed by atoms with Crippen LogP contribution in [0.3, 0.4) is 0 Å². The Morgan fingerprint density at radius 2 is 1.62 bits per heavy atom. The van der Waals surface area contributed by atoms with Gasteiger partial charge in [0.05, 0.1) is 9.79 Å². The zero-order valence-corrected chi connectivity index (χ0v) is 14.2. The van der Waals surface area contributed by atoms with Gasteiger partial charge in [-0.25, -0.2) is 16.8 Å². The topological polar surface area (TPSA) is 85.3 Å². The van der Waals surface area contributed by atoms with Crippen LogP contribution in [0.1, 0.15) is 25.8 Å². The summed E-state index contributed by atoms with van der Waals surface area (Å²) in [5, 5.41) is 0. The summed E-state index contributed by atoms with van der Waals surface area (Å²) >= 11 is 0. The van der Waals surface area contributed by atoms with Crippen LogP contribution in [-0.2, 0) is 30.9 Å². The summed E-state index contributed by atoms with van der Waals surface area (Å²) in [6, 6.07) is 3.87. The quantitative estimate of drug-likeness (QED) is 0.791. The molecule has 0 aliphatic carbocycles. The maximum absolute atomic E-state index is 11.9. The van der Waals surface area contributed by atoms with E-state index in [9.17, 15) is 21.6 Å². The maximum atomic E-state index is 11.9. The minimum absolute atomic E-state index is 0.00930. The van der Waals surface area contributed by atoms with Crippen molar-refractivity contribution in [2.45, 2.75) is 36.5 Å². The highest BCUT2D eigenvalue weighted by Crippen LogP contribution is 2.22. The van der Waals surface area contributed by atoms with E-state index < -0.39 is 19.7 Å². The Balaban J connectivity index is 3.31. The third kappa shape index (κ3) is 5.24. The molecular formula is C14H20O5S2. The zero-order valence-electron chi connectivity index (χ0n) is 12.6. The lowest BCUT2D eigenvalue weighted by Gasteiger charge is -2.10. The Bertz CT molecular complexity index is 744. The second-order valence-electron chi connectivity index (χ2n) is 5.63. The summed E-state index contributed by atoms with van der Waals surface area (Å²) in [6.07, 6.45) is 2.37. The number of ketones is 1. The van der Waals surface area contributed by atoms with Crippen molar-refractivity contribution in [2.75, 3.05) is 12.5 Å². The standard InChI is InChI=1S/C14H20O5S2/c1-10(2)7-12(15)8-11-5-6-13(20(3,16)17)9-14(11)21(4,18)19/h5-6,9-10H,7-8H2,1-4H3. The molecule has 0 spiro atoms. The van der Waals surface area contributed by atoms with Crippen molar-refractivity contribution in [1.82, 2.24) is 0 Å². The van der Waals surface area contributed by atoms with E-state index in [-0.39, 0.29) is 27.9 Å². The number of Topliss-reactive ketones (excluding diaryl/α,β-unsaturated/α-hetero) is 1. The van der Waals surface area contributed by atoms with E-state index in [2.05, 4.69) is 0 Å². The Kier molecular flexibility index (Phi) is 5.33. The molecule has 0 saturated carbocycles. The van der Waals surface area contributed by atoms with Gasteiger partial charge in [-0.1, -0.05) is 19.9 Å². The lowest BCUT2D eigenvalue weighted by atomic mass is 10.0. The largest absolute Gasteiger partial charge is 0.299 e. The van der Waals surface area contributed by atoms with Gasteiger partial charge in [-0.2, -0.15) is 0 Å². The van der Waals surface area contributed by atoms with Crippen molar-refractivity contribution in [3.8, 4) is 0 Å². The molecule has 5 nitrogen and oxygen atoms in total. The predicted molar refractivity (Wildman–Crippen MR) is 80.8 cm³/mol. The van der Waals surface area contributed by atoms with Crippen LogP contribution in [0.4, 0.5) is 0 Å². The molecular weight excluding hydrogens is 312 g/mol. The first-order valence-electron chi connectivity index (χ1n) is 6.46. The molecule has 0 N–H and O–H groups in total. The molecule has 1 rings (SSSR count). The molecule has 118 valence electrons. The average molecular weight is 332 g/mol. The summed E-state index contributed by atoms with van der Waals surface area (Å²) in [4.78, 5) is 11.7. The molecule has 0 radical (unpaired) electrons. The number of rotatable bonds is 6. The molecule has 0 aliphatic rings. The first-order valence-corrected chi connectivity index (χ1v) is 10.2. The van der Waals surface area contributed by atoms with E-state index in [4.69, 9.17) is 0 Å². The lowest BCUT2D eigenvalue weighted by molar-refractivity contribution is -0.119. The van der Waals surface area contributed by atoms with Crippen molar-refractivity contribution in [2.24, 2.45) is 5.92 Å². The Hall–Kier alpha value is -1.21. The van der Waals surface area contributed by atoms with Crippen LogP contribution >= 0.6 is 0 Å². The van der Waals surface area contributed by atoms with Crippen LogP contribution in [0.2, 0.25) is 0 Å². The van der Waals surface area contributed by atoms with E-state index in [1.54, 1.807) is 0 Å². The third-order valence-corrected chi connectivity index (χ3v) is 5.18. The van der Waals surface area contributed by atoms with Gasteiger partial charge in [0.15, 0.2) is 19.7 Å². The van der Waals surface area contributed by atoms with E-state index in [0.717, 1.165) is 18.6 Å². The smallest absolute Gasteiger partial charge is 0.175 e. The zero-order chi connectivity index (χ0) is 16.4. The number of hydrogen-bond donors (Lipinski definition) is 0. The van der Waals surface area contributed by atoms with Crippen LogP contribution < -0.4 is 0 Å². The number of benzene rings is 1. The van der Waals surface area contributed by atoms with Crippen molar-refractivity contribution in [1.29, 1.82) is 0 Å². The molecule has 0 aliphatic heterocycles. The fourth-order valence-corrected chi connectivity index (χ4v) is 3.68. The molecule has 1 aromatic carbocycles. The van der Waals surface area contributed by atoms with Crippen molar-refractivity contribution >= 4 is 25.5 Å². The van der Waals surface area contributed by atoms with Crippen LogP contribution in [0, 0.1) is 5.92 Å². The molecule has 0 saturated heterocycles. The highest BCUT2D eigenvalue weighted by Gasteiger charge is 2.19. The number of sulfone groups is 2. The molecule has 0 atom stereocenters. The van der Waals surface area contributed by atoms with Crippen molar-refractivity contribution in [3.63, 3.8) is 0 Å². The first-order chi connectivity index (χ1) is 9.41. The minimum atomic E-state index is -3.61. The fourth-order valence-electron chi connectivity index (χ4n) is 2.00. The maximum Gasteiger partial charge on any atom is 0.175 e. The van der Waals surface area contributed by atoms with E-state index in [1.165, 1.54) is 12.1 Å². The van der Waals surface area contributed by atoms with Gasteiger partial charge < -0.3 is 0 Å². The summed E-state index contributed by atoms with van der Waals surface area (Å²) in [5.74, 6) is 0.122. The van der Waals surface area contributed by atoms with Gasteiger partial charge in [0.1, 0.15) is 5.78 Å². The van der Waals surface area contributed by atoms with Gasteiger partial charge in [-0.3, -0.25) is 4.79 Å². The number of carbonyl (C=O) groups is 1. The van der Waals surface area contributed by atoms with Gasteiger partial charge in [0.25, 0.3) is 0 Å². The second kappa shape index (κ2) is 6.27. The van der Waals surface area contributed by atoms with Crippen LogP contribution in [0.25, 0.3) is 0 Å². The third-order valence-electron chi connectivity index (χ3n) is 2.89. The highest BCUT2D eigenvalue weighted by atomic mass is 32.2. The van der Waals surface area contributed by atoms with Crippen LogP contribution in [0.15, 0.2) is 28.0 Å². The molecule has 0 fully saturated rings. The van der Waals surface area contributed by atoms with Gasteiger partial charge in [-0.05, 0) is 23.6 Å². The minimum Gasteiger partial charge on any atom is -0.299 e. The average Bonchev–Trinajstić information content (AvgIpc) is 2.24. The molecule has 7 heteroatoms. The van der Waals surface area contributed by atoms with Crippen molar-refractivity contribution < 1.29 is 21.6 Å². The van der Waals surface area contributed by atoms with Crippen molar-refractivity contribution in [3.05, 3.63) is 23.8 Å². The molecule has 0 heterocycles. The van der Waals surface area contributed by atoms with Crippen LogP contribution in [0.5, 0.6) is 0 Å². The summed E-state index contributed by atoms with van der Waals surface area (Å²) in [5.41, 5.74) is 0.343. The molecule has 0 aromatic heterocycles. The first kappa shape index (κ1) is 17.8. The monoisotopic (exact) mass is 332 g/mol. The SMILES string of the molecule is CC(C)CC(=O)Cc1ccc(S(C)(=O)=O)cc1S(C)(=O)=O. The highest BCUT2D eigenvalue weighted by molar-refractivity contribution is 7.91. The summed E-state index contributed by atoms with van der Waals surface area (Å²) in [6.45, 7) is 3.81. The van der Waals surface area contributed by atoms with Gasteiger partial charge in [0.2, 0.25) is 0 Å². The number of carbonyl (C=O) groups excluding carboxylic acids is 1. The molecule has 0 bridgehead atoms. The van der Waals surface area contributed by atoms with E-state index in [1.807, 2.05) is 13.8 Å². The summed E-state index contributed by atoms with van der Waals surface area (Å²) in [7, 11) is -7.11. The van der Waals surface area contributed by atoms with Gasteiger partial charge in [0, 0.05) is 25.4 Å². The van der Waals surface area contributed by atoms with E-state index >= 15 is 0 Å². The lowest BCUT2D eigenvalue weighted by Crippen LogP contribution is -2.11. The molecule has 21 heavy (non-hydrogen) atoms. The second-order valence-corrected chi connectivity index (χ2v) is 9.63. The Labute approximate surface area is 126 Å². The van der Waals surface area contributed by atoms with Gasteiger partial charge in [-0.15, -0.1) is 0 Å². The normalized spacial score (nSPS) is 12.6. The molecule has 1 aromatic rings. The molecule has 0 amide bonds. The van der Waals surface area contributed by atoms with E-state index in [0.29, 0.717) is 12.0 Å². The number of hydrogen-bond acceptors (Lipinski definition) is 5. The van der Waals surface area contributed by atoms with Crippen LogP contribution in [-0.4, -0.2) is 35.1 Å². The Morgan fingerprint density at radius 3 is 2.05 bits per heavy atom. The van der Waals surface area contributed by atoms with Gasteiger partial charge >= 0.3 is 0 Å². The molecule has 0 unspecified atom stereocenters. The fraction of sp³-hybridized carbons (Fsp3) is 0.500. The Morgan fingerprint density at radius 1 is 1.05 bits per heavy atom.